The van der Waals surface area contributed by atoms with Crippen LogP contribution in [0.1, 0.15) is 41.4 Å². The molecular formula is C21H24N2O2. The van der Waals surface area contributed by atoms with E-state index < -0.39 is 5.97 Å². The van der Waals surface area contributed by atoms with Crippen molar-refractivity contribution in [2.75, 3.05) is 0 Å². The van der Waals surface area contributed by atoms with Crippen molar-refractivity contribution in [1.82, 2.24) is 4.57 Å². The maximum atomic E-state index is 12.2. The number of hydrogen-bond donors (Lipinski definition) is 0. The Morgan fingerprint density at radius 2 is 1.92 bits per heavy atom. The minimum atomic E-state index is -0.594. The second kappa shape index (κ2) is 8.34. The first-order valence-corrected chi connectivity index (χ1v) is 8.47. The highest BCUT2D eigenvalue weighted by Gasteiger charge is 2.14. The Bertz CT molecular complexity index is 821. The van der Waals surface area contributed by atoms with Crippen molar-refractivity contribution in [2.45, 2.75) is 47.3 Å². The van der Waals surface area contributed by atoms with Crippen LogP contribution in [0.2, 0.25) is 0 Å². The van der Waals surface area contributed by atoms with Crippen LogP contribution < -0.4 is 0 Å². The third kappa shape index (κ3) is 4.60. The van der Waals surface area contributed by atoms with E-state index in [-0.39, 0.29) is 12.2 Å². The molecule has 1 aromatic heterocycles. The van der Waals surface area contributed by atoms with Gasteiger partial charge >= 0.3 is 5.97 Å². The standard InChI is InChI=1S/C21H24N2O2/c1-5-10-23-16(3)11-19(17(23)4)12-20(13-22)21(24)25-14-18-8-6-15(2)7-9-18/h6-9,11-12H,5,10,14H2,1-4H3/b20-12+. The van der Waals surface area contributed by atoms with Crippen LogP contribution in [0, 0.1) is 32.1 Å². The first kappa shape index (κ1) is 18.5. The van der Waals surface area contributed by atoms with Crippen LogP contribution in [0.5, 0.6) is 0 Å². The largest absolute Gasteiger partial charge is 0.457 e. The molecule has 130 valence electrons. The van der Waals surface area contributed by atoms with E-state index in [0.29, 0.717) is 0 Å². The fraction of sp³-hybridized carbons (Fsp3) is 0.333. The van der Waals surface area contributed by atoms with Crippen LogP contribution >= 0.6 is 0 Å². The van der Waals surface area contributed by atoms with Gasteiger partial charge in [-0.3, -0.25) is 0 Å². The second-order valence-electron chi connectivity index (χ2n) is 6.21. The Labute approximate surface area is 149 Å². The van der Waals surface area contributed by atoms with Crippen LogP contribution in [0.15, 0.2) is 35.9 Å². The first-order valence-electron chi connectivity index (χ1n) is 8.47. The molecule has 0 radical (unpaired) electrons. The van der Waals surface area contributed by atoms with Crippen molar-refractivity contribution in [2.24, 2.45) is 0 Å². The van der Waals surface area contributed by atoms with E-state index in [9.17, 15) is 10.1 Å². The Morgan fingerprint density at radius 3 is 2.52 bits per heavy atom. The summed E-state index contributed by atoms with van der Waals surface area (Å²) in [5, 5.41) is 9.34. The number of carbonyl (C=O) groups is 1. The van der Waals surface area contributed by atoms with E-state index in [4.69, 9.17) is 4.74 Å². The molecule has 2 aromatic rings. The molecule has 2 rings (SSSR count). The summed E-state index contributed by atoms with van der Waals surface area (Å²) in [6.07, 6.45) is 2.65. The van der Waals surface area contributed by atoms with Crippen molar-refractivity contribution < 1.29 is 9.53 Å². The van der Waals surface area contributed by atoms with E-state index in [0.717, 1.165) is 41.0 Å². The average molecular weight is 336 g/mol. The van der Waals surface area contributed by atoms with Crippen LogP contribution in [0.3, 0.4) is 0 Å². The van der Waals surface area contributed by atoms with Gasteiger partial charge in [-0.05, 0) is 50.5 Å². The predicted octanol–water partition coefficient (Wildman–Crippen LogP) is 4.47. The lowest BCUT2D eigenvalue weighted by Gasteiger charge is -2.07. The Morgan fingerprint density at radius 1 is 1.24 bits per heavy atom. The summed E-state index contributed by atoms with van der Waals surface area (Å²) in [7, 11) is 0. The summed E-state index contributed by atoms with van der Waals surface area (Å²) in [5.41, 5.74) is 5.13. The van der Waals surface area contributed by atoms with E-state index in [2.05, 4.69) is 11.5 Å². The quantitative estimate of drug-likeness (QED) is 0.444. The summed E-state index contributed by atoms with van der Waals surface area (Å²) < 4.78 is 7.47. The zero-order valence-corrected chi connectivity index (χ0v) is 15.3. The molecule has 0 aliphatic rings. The van der Waals surface area contributed by atoms with Gasteiger partial charge in [-0.2, -0.15) is 5.26 Å². The zero-order chi connectivity index (χ0) is 18.4. The fourth-order valence-electron chi connectivity index (χ4n) is 2.74. The summed E-state index contributed by atoms with van der Waals surface area (Å²) >= 11 is 0. The third-order valence-corrected chi connectivity index (χ3v) is 4.19. The number of benzene rings is 1. The highest BCUT2D eigenvalue weighted by Crippen LogP contribution is 2.19. The molecule has 0 amide bonds. The molecular weight excluding hydrogens is 312 g/mol. The molecule has 0 N–H and O–H groups in total. The van der Waals surface area contributed by atoms with Gasteiger partial charge in [0.25, 0.3) is 0 Å². The Balaban J connectivity index is 2.14. The molecule has 0 bridgehead atoms. The van der Waals surface area contributed by atoms with Crippen LogP contribution in [-0.4, -0.2) is 10.5 Å². The molecule has 0 saturated carbocycles. The van der Waals surface area contributed by atoms with Gasteiger partial charge < -0.3 is 9.30 Å². The SMILES string of the molecule is CCCn1c(C)cc(/C=C(\C#N)C(=O)OCc2ccc(C)cc2)c1C. The van der Waals surface area contributed by atoms with Crippen LogP contribution in [0.4, 0.5) is 0 Å². The van der Waals surface area contributed by atoms with Gasteiger partial charge in [0.05, 0.1) is 0 Å². The molecule has 1 aromatic carbocycles. The van der Waals surface area contributed by atoms with E-state index >= 15 is 0 Å². The molecule has 0 fully saturated rings. The Hall–Kier alpha value is -2.80. The van der Waals surface area contributed by atoms with E-state index in [1.165, 1.54) is 0 Å². The van der Waals surface area contributed by atoms with Crippen molar-refractivity contribution in [3.05, 3.63) is 64.0 Å². The summed E-state index contributed by atoms with van der Waals surface area (Å²) in [5.74, 6) is -0.594. The number of aryl methyl sites for hydroxylation is 2. The monoisotopic (exact) mass is 336 g/mol. The maximum Gasteiger partial charge on any atom is 0.349 e. The molecule has 1 heterocycles. The molecule has 0 unspecified atom stereocenters. The summed E-state index contributed by atoms with van der Waals surface area (Å²) in [4.78, 5) is 12.2. The van der Waals surface area contributed by atoms with Gasteiger partial charge in [0.15, 0.2) is 0 Å². The number of ether oxygens (including phenoxy) is 1. The molecule has 4 heteroatoms. The fourth-order valence-corrected chi connectivity index (χ4v) is 2.74. The Kier molecular flexibility index (Phi) is 6.19. The average Bonchev–Trinajstić information content (AvgIpc) is 2.86. The smallest absolute Gasteiger partial charge is 0.349 e. The number of hydrogen-bond acceptors (Lipinski definition) is 3. The van der Waals surface area contributed by atoms with Gasteiger partial charge in [0, 0.05) is 17.9 Å². The number of nitrogens with zero attached hydrogens (tertiary/aromatic N) is 2. The molecule has 25 heavy (non-hydrogen) atoms. The van der Waals surface area contributed by atoms with Crippen molar-refractivity contribution in [1.29, 1.82) is 5.26 Å². The first-order chi connectivity index (χ1) is 12.0. The topological polar surface area (TPSA) is 55.0 Å². The van der Waals surface area contributed by atoms with Crippen molar-refractivity contribution in [3.8, 4) is 6.07 Å². The number of esters is 1. The highest BCUT2D eigenvalue weighted by molar-refractivity contribution is 5.98. The normalized spacial score (nSPS) is 11.2. The number of aromatic nitrogens is 1. The summed E-state index contributed by atoms with van der Waals surface area (Å²) in [6, 6.07) is 11.7. The molecule has 0 atom stereocenters. The molecule has 0 aliphatic heterocycles. The number of nitriles is 1. The maximum absolute atomic E-state index is 12.2. The van der Waals surface area contributed by atoms with Crippen molar-refractivity contribution in [3.63, 3.8) is 0 Å². The molecule has 4 nitrogen and oxygen atoms in total. The lowest BCUT2D eigenvalue weighted by Crippen LogP contribution is -2.07. The summed E-state index contributed by atoms with van der Waals surface area (Å²) in [6.45, 7) is 9.24. The minimum absolute atomic E-state index is 0.0175. The van der Waals surface area contributed by atoms with Gasteiger partial charge in [0.1, 0.15) is 18.2 Å². The van der Waals surface area contributed by atoms with Gasteiger partial charge in [-0.1, -0.05) is 36.8 Å². The van der Waals surface area contributed by atoms with E-state index in [1.54, 1.807) is 6.08 Å². The van der Waals surface area contributed by atoms with Crippen LogP contribution in [-0.2, 0) is 22.7 Å². The molecule has 0 aliphatic carbocycles. The lowest BCUT2D eigenvalue weighted by atomic mass is 10.1. The van der Waals surface area contributed by atoms with Gasteiger partial charge in [-0.15, -0.1) is 0 Å². The highest BCUT2D eigenvalue weighted by atomic mass is 16.5. The minimum Gasteiger partial charge on any atom is -0.457 e. The lowest BCUT2D eigenvalue weighted by molar-refractivity contribution is -0.139. The zero-order valence-electron chi connectivity index (χ0n) is 15.3. The number of carbonyl (C=O) groups excluding carboxylic acids is 1. The molecule has 0 saturated heterocycles. The van der Waals surface area contributed by atoms with Crippen molar-refractivity contribution >= 4 is 12.0 Å². The number of rotatable bonds is 6. The van der Waals surface area contributed by atoms with Crippen LogP contribution in [0.25, 0.3) is 6.08 Å². The second-order valence-corrected chi connectivity index (χ2v) is 6.21. The third-order valence-electron chi connectivity index (χ3n) is 4.19. The van der Waals surface area contributed by atoms with Gasteiger partial charge in [-0.25, -0.2) is 4.79 Å². The van der Waals surface area contributed by atoms with E-state index in [1.807, 2.05) is 57.2 Å². The van der Waals surface area contributed by atoms with Gasteiger partial charge in [0.2, 0.25) is 0 Å². The predicted molar refractivity (Wildman–Crippen MR) is 98.8 cm³/mol. The molecule has 0 spiro atoms.